The first-order valence-electron chi connectivity index (χ1n) is 8.22. The van der Waals surface area contributed by atoms with Crippen LogP contribution in [0.5, 0.6) is 0 Å². The van der Waals surface area contributed by atoms with Crippen molar-refractivity contribution in [3.8, 4) is 6.07 Å². The largest absolute Gasteiger partial charge is 0.369 e. The molecular formula is C19H18N6O2. The van der Waals surface area contributed by atoms with E-state index >= 15 is 0 Å². The van der Waals surface area contributed by atoms with Gasteiger partial charge in [0, 0.05) is 18.9 Å². The molecule has 0 spiro atoms. The van der Waals surface area contributed by atoms with Crippen LogP contribution in [0.25, 0.3) is 0 Å². The molecule has 2 aromatic rings. The van der Waals surface area contributed by atoms with Gasteiger partial charge >= 0.3 is 0 Å². The summed E-state index contributed by atoms with van der Waals surface area (Å²) in [5.41, 5.74) is 6.93. The predicted molar refractivity (Wildman–Crippen MR) is 99.7 cm³/mol. The Balaban J connectivity index is 1.84. The molecule has 0 unspecified atom stereocenters. The molecule has 0 radical (unpaired) electrons. The highest BCUT2D eigenvalue weighted by Gasteiger charge is 2.36. The number of guanidine groups is 1. The average molecular weight is 362 g/mol. The Hall–Kier alpha value is -3.73. The van der Waals surface area contributed by atoms with Gasteiger partial charge in [0.1, 0.15) is 11.8 Å². The number of pyridine rings is 1. The second-order valence-corrected chi connectivity index (χ2v) is 6.45. The number of nitriles is 1. The highest BCUT2D eigenvalue weighted by atomic mass is 16.2. The summed E-state index contributed by atoms with van der Waals surface area (Å²) in [6.07, 6.45) is 1.52. The molecule has 2 heterocycles. The molecule has 1 atom stereocenters. The molecule has 27 heavy (non-hydrogen) atoms. The fourth-order valence-electron chi connectivity index (χ4n) is 2.80. The Kier molecular flexibility index (Phi) is 4.60. The van der Waals surface area contributed by atoms with Crippen LogP contribution in [0.3, 0.4) is 0 Å². The molecule has 136 valence electrons. The summed E-state index contributed by atoms with van der Waals surface area (Å²) in [6.45, 7) is 1.83. The van der Waals surface area contributed by atoms with E-state index in [-0.39, 0.29) is 24.0 Å². The van der Waals surface area contributed by atoms with E-state index in [9.17, 15) is 9.59 Å². The molecule has 8 heteroatoms. The normalized spacial score (nSPS) is 19.2. The van der Waals surface area contributed by atoms with E-state index in [0.29, 0.717) is 11.3 Å². The Morgan fingerprint density at radius 1 is 1.37 bits per heavy atom. The fourth-order valence-corrected chi connectivity index (χ4v) is 2.80. The number of nitrogens with one attached hydrogen (secondary N) is 1. The van der Waals surface area contributed by atoms with Gasteiger partial charge in [0.05, 0.1) is 17.5 Å². The quantitative estimate of drug-likeness (QED) is 0.858. The predicted octanol–water partition coefficient (Wildman–Crippen LogP) is 1.60. The van der Waals surface area contributed by atoms with Gasteiger partial charge in [-0.3, -0.25) is 14.5 Å². The number of carbonyl (C=O) groups excluding carboxylic acids is 2. The number of nitrogens with zero attached hydrogens (tertiary/aromatic N) is 4. The SMILES string of the molecule is CN1C(=O)C[C@@](C)(c2cccc(NC(=O)c3ccc(C#N)cn3)c2)N=C1N. The number of hydrogen-bond donors (Lipinski definition) is 2. The maximum absolute atomic E-state index is 12.4. The molecule has 3 rings (SSSR count). The number of benzene rings is 1. The smallest absolute Gasteiger partial charge is 0.274 e. The van der Waals surface area contributed by atoms with E-state index in [4.69, 9.17) is 11.0 Å². The minimum absolute atomic E-state index is 0.124. The summed E-state index contributed by atoms with van der Waals surface area (Å²) in [6, 6.07) is 12.1. The van der Waals surface area contributed by atoms with Crippen molar-refractivity contribution in [1.82, 2.24) is 9.88 Å². The van der Waals surface area contributed by atoms with Crippen LogP contribution in [0, 0.1) is 11.3 Å². The minimum atomic E-state index is -0.804. The van der Waals surface area contributed by atoms with Gasteiger partial charge in [-0.2, -0.15) is 5.26 Å². The highest BCUT2D eigenvalue weighted by Crippen LogP contribution is 2.34. The third-order valence-corrected chi connectivity index (χ3v) is 4.44. The lowest BCUT2D eigenvalue weighted by Crippen LogP contribution is -2.47. The molecule has 0 saturated heterocycles. The van der Waals surface area contributed by atoms with Gasteiger partial charge in [-0.05, 0) is 36.8 Å². The summed E-state index contributed by atoms with van der Waals surface area (Å²) in [4.78, 5) is 34.3. The molecule has 0 aliphatic carbocycles. The van der Waals surface area contributed by atoms with Gasteiger partial charge in [0.2, 0.25) is 5.91 Å². The lowest BCUT2D eigenvalue weighted by atomic mass is 9.87. The summed E-state index contributed by atoms with van der Waals surface area (Å²) >= 11 is 0. The van der Waals surface area contributed by atoms with Crippen LogP contribution in [-0.2, 0) is 10.3 Å². The van der Waals surface area contributed by atoms with Crippen molar-refractivity contribution in [2.45, 2.75) is 18.9 Å². The van der Waals surface area contributed by atoms with Gasteiger partial charge in [-0.1, -0.05) is 12.1 Å². The van der Waals surface area contributed by atoms with E-state index in [1.54, 1.807) is 25.2 Å². The second-order valence-electron chi connectivity index (χ2n) is 6.45. The van der Waals surface area contributed by atoms with Crippen molar-refractivity contribution in [3.63, 3.8) is 0 Å². The molecule has 1 aliphatic rings. The number of amides is 2. The Labute approximate surface area is 156 Å². The number of carbonyl (C=O) groups is 2. The van der Waals surface area contributed by atoms with Crippen molar-refractivity contribution in [2.75, 3.05) is 12.4 Å². The van der Waals surface area contributed by atoms with Gasteiger partial charge in [0.25, 0.3) is 5.91 Å². The average Bonchev–Trinajstić information content (AvgIpc) is 2.66. The third-order valence-electron chi connectivity index (χ3n) is 4.44. The van der Waals surface area contributed by atoms with Gasteiger partial charge in [0.15, 0.2) is 5.96 Å². The zero-order chi connectivity index (χ0) is 19.6. The summed E-state index contributed by atoms with van der Waals surface area (Å²) in [5.74, 6) is -0.365. The van der Waals surface area contributed by atoms with Crippen LogP contribution in [0.2, 0.25) is 0 Å². The van der Waals surface area contributed by atoms with Crippen molar-refractivity contribution in [2.24, 2.45) is 10.7 Å². The molecule has 1 aliphatic heterocycles. The van der Waals surface area contributed by atoms with Crippen LogP contribution in [0.4, 0.5) is 5.69 Å². The molecular weight excluding hydrogens is 344 g/mol. The lowest BCUT2D eigenvalue weighted by molar-refractivity contribution is -0.128. The van der Waals surface area contributed by atoms with Gasteiger partial charge in [-0.15, -0.1) is 0 Å². The van der Waals surface area contributed by atoms with E-state index in [0.717, 1.165) is 5.56 Å². The number of anilines is 1. The first-order chi connectivity index (χ1) is 12.8. The van der Waals surface area contributed by atoms with Crippen molar-refractivity contribution >= 4 is 23.5 Å². The Bertz CT molecular complexity index is 976. The van der Waals surface area contributed by atoms with Crippen LogP contribution in [0.1, 0.15) is 35.0 Å². The van der Waals surface area contributed by atoms with Gasteiger partial charge in [-0.25, -0.2) is 9.98 Å². The molecule has 0 fully saturated rings. The lowest BCUT2D eigenvalue weighted by Gasteiger charge is -2.33. The van der Waals surface area contributed by atoms with Crippen molar-refractivity contribution in [3.05, 3.63) is 59.4 Å². The van der Waals surface area contributed by atoms with E-state index in [1.807, 2.05) is 19.1 Å². The summed E-state index contributed by atoms with van der Waals surface area (Å²) < 4.78 is 0. The summed E-state index contributed by atoms with van der Waals surface area (Å²) in [5, 5.41) is 11.6. The molecule has 1 aromatic heterocycles. The second kappa shape index (κ2) is 6.88. The monoisotopic (exact) mass is 362 g/mol. The molecule has 0 saturated carbocycles. The van der Waals surface area contributed by atoms with Crippen molar-refractivity contribution in [1.29, 1.82) is 5.26 Å². The molecule has 0 bridgehead atoms. The molecule has 1 aromatic carbocycles. The molecule has 2 amide bonds. The van der Waals surface area contributed by atoms with Crippen molar-refractivity contribution < 1.29 is 9.59 Å². The topological polar surface area (TPSA) is 124 Å². The number of aromatic nitrogens is 1. The van der Waals surface area contributed by atoms with Gasteiger partial charge < -0.3 is 11.1 Å². The number of rotatable bonds is 3. The van der Waals surface area contributed by atoms with Crippen LogP contribution in [0.15, 0.2) is 47.6 Å². The maximum atomic E-state index is 12.4. The van der Waals surface area contributed by atoms with Crippen LogP contribution in [-0.4, -0.2) is 34.7 Å². The highest BCUT2D eigenvalue weighted by molar-refractivity contribution is 6.03. The van der Waals surface area contributed by atoms with E-state index in [1.165, 1.54) is 23.2 Å². The van der Waals surface area contributed by atoms with Crippen LogP contribution >= 0.6 is 0 Å². The summed E-state index contributed by atoms with van der Waals surface area (Å²) in [7, 11) is 1.59. The van der Waals surface area contributed by atoms with Crippen LogP contribution < -0.4 is 11.1 Å². The molecule has 3 N–H and O–H groups in total. The third kappa shape index (κ3) is 3.62. The first kappa shape index (κ1) is 18.1. The Morgan fingerprint density at radius 3 is 2.78 bits per heavy atom. The van der Waals surface area contributed by atoms with E-state index in [2.05, 4.69) is 15.3 Å². The zero-order valence-corrected chi connectivity index (χ0v) is 14.9. The number of aliphatic imine (C=N–C) groups is 1. The van der Waals surface area contributed by atoms with E-state index < -0.39 is 11.4 Å². The molecule has 8 nitrogen and oxygen atoms in total. The standard InChI is InChI=1S/C19H18N6O2/c1-19(9-16(26)25(2)18(21)24-19)13-4-3-5-14(8-13)23-17(27)15-7-6-12(10-20)11-22-15/h3-8,11H,9H2,1-2H3,(H2,21,24)(H,23,27)/t19-/m0/s1. The fraction of sp³-hybridized carbons (Fsp3) is 0.211. The number of hydrogen-bond acceptors (Lipinski definition) is 6. The first-order valence-corrected chi connectivity index (χ1v) is 8.22. The zero-order valence-electron chi connectivity index (χ0n) is 14.9. The minimum Gasteiger partial charge on any atom is -0.369 e. The maximum Gasteiger partial charge on any atom is 0.274 e. The Morgan fingerprint density at radius 2 is 2.15 bits per heavy atom. The number of nitrogens with two attached hydrogens (primary N) is 1.